The highest BCUT2D eigenvalue weighted by Gasteiger charge is 2.19. The van der Waals surface area contributed by atoms with Crippen LogP contribution in [0.4, 0.5) is 0 Å². The van der Waals surface area contributed by atoms with Crippen LogP contribution in [0.15, 0.2) is 60.8 Å². The molecule has 0 aliphatic carbocycles. The van der Waals surface area contributed by atoms with Crippen LogP contribution in [0, 0.1) is 0 Å². The fraction of sp³-hybridized carbons (Fsp3) is 0.814. The Bertz CT molecular complexity index is 1360. The first-order valence-corrected chi connectivity index (χ1v) is 33.3. The predicted molar refractivity (Wildman–Crippen MR) is 330 cm³/mol. The van der Waals surface area contributed by atoms with Gasteiger partial charge in [-0.2, -0.15) is 0 Å². The second-order valence-corrected chi connectivity index (χ2v) is 22.4. The van der Waals surface area contributed by atoms with Crippen molar-refractivity contribution < 1.29 is 28.6 Å². The third-order valence-corrected chi connectivity index (χ3v) is 14.8. The average Bonchev–Trinajstić information content (AvgIpc) is 3.42. The van der Waals surface area contributed by atoms with Crippen LogP contribution in [0.25, 0.3) is 0 Å². The summed E-state index contributed by atoms with van der Waals surface area (Å²) in [6.07, 6.45) is 82.3. The Hall–Kier alpha value is -2.89. The van der Waals surface area contributed by atoms with E-state index in [-0.39, 0.29) is 31.1 Å². The zero-order valence-corrected chi connectivity index (χ0v) is 50.8. The van der Waals surface area contributed by atoms with Crippen LogP contribution < -0.4 is 0 Å². The molecule has 0 aromatic rings. The first kappa shape index (κ1) is 73.1. The summed E-state index contributed by atoms with van der Waals surface area (Å²) in [4.78, 5) is 38.4. The largest absolute Gasteiger partial charge is 0.462 e. The molecule has 1 atom stereocenters. The number of esters is 3. The number of ether oxygens (including phenoxy) is 3. The Morgan fingerprint density at radius 3 is 0.816 bits per heavy atom. The molecule has 0 aromatic heterocycles. The zero-order chi connectivity index (χ0) is 55.0. The van der Waals surface area contributed by atoms with Crippen LogP contribution in [0.5, 0.6) is 0 Å². The van der Waals surface area contributed by atoms with Gasteiger partial charge in [-0.15, -0.1) is 0 Å². The highest BCUT2D eigenvalue weighted by atomic mass is 16.6. The summed E-state index contributed by atoms with van der Waals surface area (Å²) in [5, 5.41) is 0. The summed E-state index contributed by atoms with van der Waals surface area (Å²) in [7, 11) is 0. The fourth-order valence-electron chi connectivity index (χ4n) is 9.79. The van der Waals surface area contributed by atoms with Crippen LogP contribution in [-0.4, -0.2) is 37.2 Å². The van der Waals surface area contributed by atoms with Crippen LogP contribution >= 0.6 is 0 Å². The lowest BCUT2D eigenvalue weighted by molar-refractivity contribution is -0.167. The van der Waals surface area contributed by atoms with E-state index in [1.807, 2.05) is 0 Å². The highest BCUT2D eigenvalue weighted by molar-refractivity contribution is 5.71. The lowest BCUT2D eigenvalue weighted by atomic mass is 10.0. The van der Waals surface area contributed by atoms with Gasteiger partial charge in [0.1, 0.15) is 13.2 Å². The van der Waals surface area contributed by atoms with E-state index in [9.17, 15) is 14.4 Å². The molecule has 0 saturated heterocycles. The van der Waals surface area contributed by atoms with Crippen molar-refractivity contribution in [1.82, 2.24) is 0 Å². The second kappa shape index (κ2) is 64.6. The average molecular weight is 1060 g/mol. The van der Waals surface area contributed by atoms with Gasteiger partial charge in [0.25, 0.3) is 0 Å². The highest BCUT2D eigenvalue weighted by Crippen LogP contribution is 2.18. The van der Waals surface area contributed by atoms with E-state index in [0.29, 0.717) is 19.3 Å². The van der Waals surface area contributed by atoms with Gasteiger partial charge in [0.15, 0.2) is 6.10 Å². The summed E-state index contributed by atoms with van der Waals surface area (Å²) in [6, 6.07) is 0. The molecule has 0 heterocycles. The van der Waals surface area contributed by atoms with Crippen molar-refractivity contribution in [2.75, 3.05) is 13.2 Å². The standard InChI is InChI=1S/C70H126O6/c1-4-7-10-13-16-19-22-25-28-30-32-34-35-36-38-39-42-45-48-51-54-57-60-63-69(72)75-66-67(65-74-68(71)62-59-56-53-50-47-44-41-27-24-21-18-15-12-9-6-3)76-70(73)64-61-58-55-52-49-46-43-40-37-33-31-29-26-23-20-17-14-11-8-5-2/h7,10,16,19,25,27-28,32,34,41,67H,4-6,8-9,11-15,17-18,20-24,26,29-31,33,35-40,42-66H2,1-3H3/b10-7-,19-16-,28-25-,34-32-,41-27-. The smallest absolute Gasteiger partial charge is 0.306 e. The molecule has 6 nitrogen and oxygen atoms in total. The molecule has 0 radical (unpaired) electrons. The molecular weight excluding hydrogens is 937 g/mol. The Morgan fingerprint density at radius 1 is 0.276 bits per heavy atom. The lowest BCUT2D eigenvalue weighted by Gasteiger charge is -2.18. The van der Waals surface area contributed by atoms with Crippen molar-refractivity contribution in [1.29, 1.82) is 0 Å². The molecule has 0 N–H and O–H groups in total. The summed E-state index contributed by atoms with van der Waals surface area (Å²) in [6.45, 7) is 6.57. The molecule has 76 heavy (non-hydrogen) atoms. The van der Waals surface area contributed by atoms with Gasteiger partial charge in [0, 0.05) is 19.3 Å². The van der Waals surface area contributed by atoms with Crippen LogP contribution in [-0.2, 0) is 28.6 Å². The quantitative estimate of drug-likeness (QED) is 0.0261. The molecule has 0 amide bonds. The van der Waals surface area contributed by atoms with Crippen molar-refractivity contribution in [3.8, 4) is 0 Å². The third kappa shape index (κ3) is 62.0. The fourth-order valence-corrected chi connectivity index (χ4v) is 9.79. The van der Waals surface area contributed by atoms with E-state index < -0.39 is 6.10 Å². The monoisotopic (exact) mass is 1060 g/mol. The van der Waals surface area contributed by atoms with Gasteiger partial charge in [0.05, 0.1) is 0 Å². The van der Waals surface area contributed by atoms with Gasteiger partial charge in [-0.25, -0.2) is 0 Å². The molecule has 0 spiro atoms. The minimum atomic E-state index is -0.778. The first-order valence-electron chi connectivity index (χ1n) is 33.3. The minimum absolute atomic E-state index is 0.0754. The molecule has 0 aliphatic rings. The molecule has 442 valence electrons. The third-order valence-electron chi connectivity index (χ3n) is 14.8. The van der Waals surface area contributed by atoms with E-state index in [1.54, 1.807) is 0 Å². The maximum atomic E-state index is 12.9. The van der Waals surface area contributed by atoms with E-state index in [0.717, 1.165) is 89.9 Å². The van der Waals surface area contributed by atoms with Gasteiger partial charge >= 0.3 is 17.9 Å². The maximum Gasteiger partial charge on any atom is 0.306 e. The summed E-state index contributed by atoms with van der Waals surface area (Å²) >= 11 is 0. The molecule has 0 fully saturated rings. The van der Waals surface area contributed by atoms with E-state index in [2.05, 4.69) is 81.5 Å². The van der Waals surface area contributed by atoms with Gasteiger partial charge in [-0.05, 0) is 83.5 Å². The summed E-state index contributed by atoms with van der Waals surface area (Å²) < 4.78 is 17.0. The van der Waals surface area contributed by atoms with Crippen molar-refractivity contribution in [3.63, 3.8) is 0 Å². The Balaban J connectivity index is 4.32. The number of carbonyl (C=O) groups excluding carboxylic acids is 3. The zero-order valence-electron chi connectivity index (χ0n) is 50.8. The lowest BCUT2D eigenvalue weighted by Crippen LogP contribution is -2.30. The van der Waals surface area contributed by atoms with Crippen LogP contribution in [0.2, 0.25) is 0 Å². The molecule has 0 aromatic carbocycles. The van der Waals surface area contributed by atoms with Gasteiger partial charge < -0.3 is 14.2 Å². The van der Waals surface area contributed by atoms with E-state index in [4.69, 9.17) is 14.2 Å². The topological polar surface area (TPSA) is 78.9 Å². The number of hydrogen-bond acceptors (Lipinski definition) is 6. The number of rotatable bonds is 61. The van der Waals surface area contributed by atoms with E-state index in [1.165, 1.54) is 218 Å². The molecule has 6 heteroatoms. The predicted octanol–water partition coefficient (Wildman–Crippen LogP) is 22.7. The normalized spacial score (nSPS) is 12.4. The van der Waals surface area contributed by atoms with E-state index >= 15 is 0 Å². The molecular formula is C70H126O6. The van der Waals surface area contributed by atoms with Crippen molar-refractivity contribution in [3.05, 3.63) is 60.8 Å². The van der Waals surface area contributed by atoms with Gasteiger partial charge in [-0.1, -0.05) is 306 Å². The Kier molecular flexibility index (Phi) is 62.2. The van der Waals surface area contributed by atoms with Gasteiger partial charge in [0.2, 0.25) is 0 Å². The van der Waals surface area contributed by atoms with Crippen molar-refractivity contribution >= 4 is 17.9 Å². The Labute approximate surface area is 472 Å². The first-order chi connectivity index (χ1) is 37.5. The summed E-state index contributed by atoms with van der Waals surface area (Å²) in [5.41, 5.74) is 0. The number of unbranched alkanes of at least 4 members (excludes halogenated alkanes) is 40. The van der Waals surface area contributed by atoms with Crippen molar-refractivity contribution in [2.24, 2.45) is 0 Å². The molecule has 0 rings (SSSR count). The number of carbonyl (C=O) groups is 3. The Morgan fingerprint density at radius 2 is 0.513 bits per heavy atom. The second-order valence-electron chi connectivity index (χ2n) is 22.4. The van der Waals surface area contributed by atoms with Crippen LogP contribution in [0.1, 0.15) is 348 Å². The molecule has 0 aliphatic heterocycles. The maximum absolute atomic E-state index is 12.9. The molecule has 0 saturated carbocycles. The SMILES string of the molecule is CC/C=C\C/C=C\C/C=C\C/C=C\CCCCCCCCCCCCC(=O)OCC(COC(=O)CCCCCCC/C=C\CCCCCCCC)OC(=O)CCCCCCCCCCCCCCCCCCCCCC. The van der Waals surface area contributed by atoms with Gasteiger partial charge in [-0.3, -0.25) is 14.4 Å². The minimum Gasteiger partial charge on any atom is -0.462 e. The van der Waals surface area contributed by atoms with Crippen LogP contribution in [0.3, 0.4) is 0 Å². The molecule has 0 bridgehead atoms. The molecule has 1 unspecified atom stereocenters. The van der Waals surface area contributed by atoms with Crippen molar-refractivity contribution in [2.45, 2.75) is 354 Å². The number of hydrogen-bond donors (Lipinski definition) is 0. The number of allylic oxidation sites excluding steroid dienone is 10. The summed E-state index contributed by atoms with van der Waals surface area (Å²) in [5.74, 6) is -0.865.